The van der Waals surface area contributed by atoms with Crippen molar-refractivity contribution in [2.45, 2.75) is 6.92 Å². The smallest absolute Gasteiger partial charge is 0.338 e. The van der Waals surface area contributed by atoms with Crippen molar-refractivity contribution in [2.75, 3.05) is 6.61 Å². The molecule has 78 valence electrons. The van der Waals surface area contributed by atoms with Gasteiger partial charge < -0.3 is 4.74 Å². The SMILES string of the molecule is CCOC(=O)c1cc(Br)c(I)c(C#N)c1. The van der Waals surface area contributed by atoms with Crippen LogP contribution >= 0.6 is 38.5 Å². The molecular formula is C10H7BrINO2. The molecule has 0 saturated carbocycles. The normalized spacial score (nSPS) is 9.47. The number of ether oxygens (including phenoxy) is 1. The van der Waals surface area contributed by atoms with Crippen molar-refractivity contribution in [3.8, 4) is 6.07 Å². The molecule has 1 rings (SSSR count). The number of nitriles is 1. The van der Waals surface area contributed by atoms with E-state index in [-0.39, 0.29) is 0 Å². The Labute approximate surface area is 110 Å². The Kier molecular flexibility index (Phi) is 4.54. The van der Waals surface area contributed by atoms with E-state index in [2.05, 4.69) is 15.9 Å². The topological polar surface area (TPSA) is 50.1 Å². The molecule has 0 heterocycles. The Bertz CT molecular complexity index is 440. The number of carbonyl (C=O) groups is 1. The fraction of sp³-hybridized carbons (Fsp3) is 0.200. The Hall–Kier alpha value is -0.610. The molecule has 0 bridgehead atoms. The van der Waals surface area contributed by atoms with Gasteiger partial charge in [0, 0.05) is 8.04 Å². The summed E-state index contributed by atoms with van der Waals surface area (Å²) in [5, 5.41) is 8.85. The lowest BCUT2D eigenvalue weighted by Gasteiger charge is -2.04. The van der Waals surface area contributed by atoms with Gasteiger partial charge in [-0.1, -0.05) is 0 Å². The third kappa shape index (κ3) is 2.92. The Morgan fingerprint density at radius 1 is 1.67 bits per heavy atom. The van der Waals surface area contributed by atoms with E-state index < -0.39 is 5.97 Å². The van der Waals surface area contributed by atoms with E-state index in [9.17, 15) is 4.79 Å². The minimum atomic E-state index is -0.411. The molecule has 1 aromatic rings. The molecule has 0 fully saturated rings. The number of carbonyl (C=O) groups excluding carboxylic acids is 1. The third-order valence-electron chi connectivity index (χ3n) is 1.66. The summed E-state index contributed by atoms with van der Waals surface area (Å²) in [6, 6.07) is 5.21. The molecule has 0 radical (unpaired) electrons. The van der Waals surface area contributed by atoms with Gasteiger partial charge in [0.1, 0.15) is 6.07 Å². The average Bonchev–Trinajstić information content (AvgIpc) is 2.22. The van der Waals surface area contributed by atoms with Crippen LogP contribution in [0, 0.1) is 14.9 Å². The molecule has 5 heteroatoms. The first-order chi connectivity index (χ1) is 7.10. The van der Waals surface area contributed by atoms with Gasteiger partial charge in [0.25, 0.3) is 0 Å². The van der Waals surface area contributed by atoms with E-state index in [0.29, 0.717) is 17.7 Å². The van der Waals surface area contributed by atoms with Crippen LogP contribution < -0.4 is 0 Å². The molecule has 0 aliphatic rings. The Balaban J connectivity index is 3.18. The summed E-state index contributed by atoms with van der Waals surface area (Å²) in [6.45, 7) is 2.06. The number of esters is 1. The van der Waals surface area contributed by atoms with Crippen molar-refractivity contribution in [3.63, 3.8) is 0 Å². The van der Waals surface area contributed by atoms with E-state index in [0.717, 1.165) is 8.04 Å². The predicted molar refractivity (Wildman–Crippen MR) is 67.5 cm³/mol. The largest absolute Gasteiger partial charge is 0.462 e. The molecule has 0 saturated heterocycles. The highest BCUT2D eigenvalue weighted by molar-refractivity contribution is 14.1. The molecule has 0 spiro atoms. The van der Waals surface area contributed by atoms with Gasteiger partial charge in [0.2, 0.25) is 0 Å². The van der Waals surface area contributed by atoms with Crippen LogP contribution in [0.15, 0.2) is 16.6 Å². The number of halogens is 2. The molecule has 0 atom stereocenters. The molecule has 3 nitrogen and oxygen atoms in total. The average molecular weight is 380 g/mol. The maximum atomic E-state index is 11.4. The van der Waals surface area contributed by atoms with Crippen LogP contribution in [0.2, 0.25) is 0 Å². The third-order valence-corrected chi connectivity index (χ3v) is 4.19. The predicted octanol–water partition coefficient (Wildman–Crippen LogP) is 3.10. The lowest BCUT2D eigenvalue weighted by Crippen LogP contribution is -2.05. The summed E-state index contributed by atoms with van der Waals surface area (Å²) in [4.78, 5) is 11.4. The minimum Gasteiger partial charge on any atom is -0.462 e. The minimum absolute atomic E-state index is 0.324. The first-order valence-electron chi connectivity index (χ1n) is 4.16. The summed E-state index contributed by atoms with van der Waals surface area (Å²) in [7, 11) is 0. The first-order valence-corrected chi connectivity index (χ1v) is 6.03. The van der Waals surface area contributed by atoms with Crippen LogP contribution in [0.25, 0.3) is 0 Å². The molecule has 15 heavy (non-hydrogen) atoms. The Morgan fingerprint density at radius 3 is 2.87 bits per heavy atom. The molecule has 0 aliphatic heterocycles. The maximum Gasteiger partial charge on any atom is 0.338 e. The van der Waals surface area contributed by atoms with Crippen molar-refractivity contribution >= 4 is 44.5 Å². The molecule has 1 aromatic carbocycles. The standard InChI is InChI=1S/C10H7BrINO2/c1-2-15-10(14)6-3-7(5-13)9(12)8(11)4-6/h3-4H,2H2,1H3. The van der Waals surface area contributed by atoms with Gasteiger partial charge in [-0.3, -0.25) is 0 Å². The number of nitrogens with zero attached hydrogens (tertiary/aromatic N) is 1. The molecular weight excluding hydrogens is 373 g/mol. The van der Waals surface area contributed by atoms with Crippen molar-refractivity contribution in [2.24, 2.45) is 0 Å². The number of rotatable bonds is 2. The van der Waals surface area contributed by atoms with Crippen LogP contribution in [0.4, 0.5) is 0 Å². The van der Waals surface area contributed by atoms with Crippen molar-refractivity contribution in [1.29, 1.82) is 5.26 Å². The molecule has 0 aliphatic carbocycles. The van der Waals surface area contributed by atoms with Crippen LogP contribution in [0.5, 0.6) is 0 Å². The van der Waals surface area contributed by atoms with Gasteiger partial charge in [-0.2, -0.15) is 5.26 Å². The zero-order valence-corrected chi connectivity index (χ0v) is 11.6. The van der Waals surface area contributed by atoms with Gasteiger partial charge in [-0.15, -0.1) is 0 Å². The maximum absolute atomic E-state index is 11.4. The van der Waals surface area contributed by atoms with Crippen LogP contribution in [-0.4, -0.2) is 12.6 Å². The van der Waals surface area contributed by atoms with E-state index in [4.69, 9.17) is 10.00 Å². The van der Waals surface area contributed by atoms with Gasteiger partial charge in [0.05, 0.1) is 17.7 Å². The summed E-state index contributed by atoms with van der Waals surface area (Å²) < 4.78 is 6.37. The van der Waals surface area contributed by atoms with E-state index in [1.54, 1.807) is 13.0 Å². The molecule has 0 amide bonds. The first kappa shape index (κ1) is 12.5. The Morgan fingerprint density at radius 2 is 2.33 bits per heavy atom. The number of hydrogen-bond donors (Lipinski definition) is 0. The zero-order chi connectivity index (χ0) is 11.4. The summed E-state index contributed by atoms with van der Waals surface area (Å²) in [5.41, 5.74) is 0.855. The monoisotopic (exact) mass is 379 g/mol. The van der Waals surface area contributed by atoms with Crippen LogP contribution in [0.1, 0.15) is 22.8 Å². The molecule has 0 N–H and O–H groups in total. The zero-order valence-electron chi connectivity index (χ0n) is 7.88. The molecule has 0 unspecified atom stereocenters. The summed E-state index contributed by atoms with van der Waals surface area (Å²) in [6.07, 6.45) is 0. The fourth-order valence-corrected chi connectivity index (χ4v) is 1.89. The number of benzene rings is 1. The van der Waals surface area contributed by atoms with Gasteiger partial charge >= 0.3 is 5.97 Å². The highest BCUT2D eigenvalue weighted by atomic mass is 127. The van der Waals surface area contributed by atoms with Crippen molar-refractivity contribution < 1.29 is 9.53 Å². The quantitative estimate of drug-likeness (QED) is 0.586. The van der Waals surface area contributed by atoms with Gasteiger partial charge in [-0.05, 0) is 57.6 Å². The molecule has 0 aromatic heterocycles. The fourth-order valence-electron chi connectivity index (χ4n) is 1.00. The van der Waals surface area contributed by atoms with Gasteiger partial charge in [0.15, 0.2) is 0 Å². The highest BCUT2D eigenvalue weighted by Gasteiger charge is 2.12. The number of hydrogen-bond acceptors (Lipinski definition) is 3. The summed E-state index contributed by atoms with van der Waals surface area (Å²) in [5.74, 6) is -0.411. The second kappa shape index (κ2) is 5.47. The second-order valence-electron chi connectivity index (χ2n) is 2.65. The van der Waals surface area contributed by atoms with Crippen molar-refractivity contribution in [3.05, 3.63) is 31.3 Å². The lowest BCUT2D eigenvalue weighted by atomic mass is 10.1. The van der Waals surface area contributed by atoms with E-state index >= 15 is 0 Å². The van der Waals surface area contributed by atoms with Gasteiger partial charge in [-0.25, -0.2) is 4.79 Å². The summed E-state index contributed by atoms with van der Waals surface area (Å²) >= 11 is 5.34. The lowest BCUT2D eigenvalue weighted by molar-refractivity contribution is 0.0526. The van der Waals surface area contributed by atoms with E-state index in [1.807, 2.05) is 28.7 Å². The second-order valence-corrected chi connectivity index (χ2v) is 4.58. The van der Waals surface area contributed by atoms with Crippen molar-refractivity contribution in [1.82, 2.24) is 0 Å². The van der Waals surface area contributed by atoms with E-state index in [1.165, 1.54) is 6.07 Å². The van der Waals surface area contributed by atoms with Crippen LogP contribution in [0.3, 0.4) is 0 Å². The highest BCUT2D eigenvalue weighted by Crippen LogP contribution is 2.24. The van der Waals surface area contributed by atoms with Crippen LogP contribution in [-0.2, 0) is 4.74 Å².